The number of aliphatic hydroxyl groups excluding tert-OH is 1. The van der Waals surface area contributed by atoms with Gasteiger partial charge in [-0.3, -0.25) is 9.59 Å². The number of esters is 1. The number of carbonyl (C=O) groups excluding carboxylic acids is 3. The third kappa shape index (κ3) is 9.60. The molecule has 1 saturated heterocycles. The van der Waals surface area contributed by atoms with Gasteiger partial charge < -0.3 is 25.8 Å². The Hall–Kier alpha value is -2.16. The van der Waals surface area contributed by atoms with Gasteiger partial charge in [0.05, 0.1) is 0 Å². The standard InChI is InChI=1S/C25H39N3O5.ClH/c1-16(2)14-20(27-24(31)22(29)19-12-8-9-13-26-19)23(30)28-21(17(3)4)25(32)33-15-18-10-6-5-7-11-18;/h5-7,10-11,16-17,19-22,26,29H,8-9,12-15H2,1-4H3,(H,27,31)(H,28,30);1H/t19?,20-,21?,22?;/m1./s1. The quantitative estimate of drug-likeness (QED) is 0.349. The molecule has 0 aromatic heterocycles. The van der Waals surface area contributed by atoms with Crippen molar-refractivity contribution >= 4 is 30.2 Å². The fourth-order valence-electron chi connectivity index (χ4n) is 3.86. The number of piperidine rings is 1. The van der Waals surface area contributed by atoms with E-state index < -0.39 is 36.0 Å². The van der Waals surface area contributed by atoms with Gasteiger partial charge in [-0.2, -0.15) is 0 Å². The Kier molecular flexibility index (Phi) is 13.1. The van der Waals surface area contributed by atoms with Crippen molar-refractivity contribution in [3.8, 4) is 0 Å². The van der Waals surface area contributed by atoms with Crippen LogP contribution in [-0.4, -0.2) is 53.7 Å². The SMILES string of the molecule is CC(C)C[C@@H](NC(=O)C(O)C1CCCCN1)C(=O)NC(C(=O)OCc1ccccc1)C(C)C.Cl. The lowest BCUT2D eigenvalue weighted by atomic mass is 9.97. The number of amides is 2. The van der Waals surface area contributed by atoms with Crippen LogP contribution in [0.2, 0.25) is 0 Å². The molecule has 8 nitrogen and oxygen atoms in total. The van der Waals surface area contributed by atoms with Crippen molar-refractivity contribution in [3.63, 3.8) is 0 Å². The van der Waals surface area contributed by atoms with Gasteiger partial charge >= 0.3 is 5.97 Å². The summed E-state index contributed by atoms with van der Waals surface area (Å²) in [4.78, 5) is 38.5. The average molecular weight is 498 g/mol. The molecule has 0 aliphatic carbocycles. The smallest absolute Gasteiger partial charge is 0.329 e. The van der Waals surface area contributed by atoms with E-state index >= 15 is 0 Å². The molecular formula is C25H40ClN3O5. The van der Waals surface area contributed by atoms with Gasteiger partial charge in [-0.1, -0.05) is 64.4 Å². The van der Waals surface area contributed by atoms with E-state index in [1.54, 1.807) is 0 Å². The van der Waals surface area contributed by atoms with Crippen LogP contribution in [0.5, 0.6) is 0 Å². The summed E-state index contributed by atoms with van der Waals surface area (Å²) in [5.74, 6) is -1.65. The number of benzene rings is 1. The first-order valence-corrected chi connectivity index (χ1v) is 11.9. The monoisotopic (exact) mass is 497 g/mol. The van der Waals surface area contributed by atoms with E-state index in [1.807, 2.05) is 58.0 Å². The first kappa shape index (κ1) is 29.9. The molecule has 2 amide bonds. The van der Waals surface area contributed by atoms with Gasteiger partial charge in [0, 0.05) is 6.04 Å². The van der Waals surface area contributed by atoms with Crippen LogP contribution in [-0.2, 0) is 25.7 Å². The van der Waals surface area contributed by atoms with Crippen LogP contribution in [0.1, 0.15) is 58.9 Å². The molecule has 1 fully saturated rings. The molecule has 1 aromatic rings. The molecule has 2 rings (SSSR count). The largest absolute Gasteiger partial charge is 0.459 e. The lowest BCUT2D eigenvalue weighted by Gasteiger charge is -2.29. The van der Waals surface area contributed by atoms with Gasteiger partial charge in [0.25, 0.3) is 5.91 Å². The minimum atomic E-state index is -1.23. The summed E-state index contributed by atoms with van der Waals surface area (Å²) in [6, 6.07) is 7.29. The summed E-state index contributed by atoms with van der Waals surface area (Å²) in [5, 5.41) is 19.1. The highest BCUT2D eigenvalue weighted by Crippen LogP contribution is 2.13. The van der Waals surface area contributed by atoms with E-state index in [-0.39, 0.29) is 36.9 Å². The minimum absolute atomic E-state index is 0. The van der Waals surface area contributed by atoms with E-state index in [1.165, 1.54) is 0 Å². The Bertz CT molecular complexity index is 769. The molecule has 1 aromatic carbocycles. The zero-order valence-corrected chi connectivity index (χ0v) is 21.4. The van der Waals surface area contributed by atoms with E-state index in [9.17, 15) is 19.5 Å². The van der Waals surface area contributed by atoms with Crippen molar-refractivity contribution in [1.29, 1.82) is 0 Å². The highest BCUT2D eigenvalue weighted by atomic mass is 35.5. The van der Waals surface area contributed by atoms with E-state index in [0.29, 0.717) is 12.8 Å². The highest BCUT2D eigenvalue weighted by molar-refractivity contribution is 5.92. The average Bonchev–Trinajstić information content (AvgIpc) is 2.80. The Labute approximate surface area is 209 Å². The van der Waals surface area contributed by atoms with E-state index in [2.05, 4.69) is 16.0 Å². The van der Waals surface area contributed by atoms with Crippen molar-refractivity contribution < 1.29 is 24.2 Å². The van der Waals surface area contributed by atoms with Crippen molar-refractivity contribution in [2.24, 2.45) is 11.8 Å². The van der Waals surface area contributed by atoms with Crippen LogP contribution in [0.4, 0.5) is 0 Å². The van der Waals surface area contributed by atoms with E-state index in [0.717, 1.165) is 24.9 Å². The highest BCUT2D eigenvalue weighted by Gasteiger charge is 2.33. The molecule has 0 saturated carbocycles. The molecule has 3 unspecified atom stereocenters. The summed E-state index contributed by atoms with van der Waals surface area (Å²) in [7, 11) is 0. The Balaban J connectivity index is 0.00000578. The Morgan fingerprint density at radius 1 is 1.06 bits per heavy atom. The lowest BCUT2D eigenvalue weighted by molar-refractivity contribution is -0.150. The number of aliphatic hydroxyl groups is 1. The van der Waals surface area contributed by atoms with Gasteiger partial charge in [0.2, 0.25) is 5.91 Å². The van der Waals surface area contributed by atoms with Crippen LogP contribution in [0.15, 0.2) is 30.3 Å². The maximum Gasteiger partial charge on any atom is 0.329 e. The topological polar surface area (TPSA) is 117 Å². The maximum absolute atomic E-state index is 13.1. The fourth-order valence-corrected chi connectivity index (χ4v) is 3.86. The molecule has 0 spiro atoms. The maximum atomic E-state index is 13.1. The number of nitrogens with one attached hydrogen (secondary N) is 3. The van der Waals surface area contributed by atoms with Crippen molar-refractivity contribution in [2.75, 3.05) is 6.54 Å². The second-order valence-electron chi connectivity index (χ2n) is 9.52. The third-order valence-corrected chi connectivity index (χ3v) is 5.78. The predicted octanol–water partition coefficient (Wildman–Crippen LogP) is 2.33. The molecule has 1 heterocycles. The summed E-state index contributed by atoms with van der Waals surface area (Å²) >= 11 is 0. The van der Waals surface area contributed by atoms with Gasteiger partial charge in [0.15, 0.2) is 0 Å². The molecule has 0 radical (unpaired) electrons. The number of carbonyl (C=O) groups is 3. The summed E-state index contributed by atoms with van der Waals surface area (Å²) < 4.78 is 5.42. The number of hydrogen-bond donors (Lipinski definition) is 4. The summed E-state index contributed by atoms with van der Waals surface area (Å²) in [5.41, 5.74) is 0.856. The summed E-state index contributed by atoms with van der Waals surface area (Å²) in [6.45, 7) is 8.41. The van der Waals surface area contributed by atoms with Crippen LogP contribution < -0.4 is 16.0 Å². The van der Waals surface area contributed by atoms with Crippen LogP contribution in [0, 0.1) is 11.8 Å². The Morgan fingerprint density at radius 2 is 1.74 bits per heavy atom. The molecule has 192 valence electrons. The fraction of sp³-hybridized carbons (Fsp3) is 0.640. The Morgan fingerprint density at radius 3 is 2.29 bits per heavy atom. The first-order valence-electron chi connectivity index (χ1n) is 11.9. The first-order chi connectivity index (χ1) is 15.7. The third-order valence-electron chi connectivity index (χ3n) is 5.78. The van der Waals surface area contributed by atoms with Crippen molar-refractivity contribution in [1.82, 2.24) is 16.0 Å². The van der Waals surface area contributed by atoms with Crippen LogP contribution >= 0.6 is 12.4 Å². The van der Waals surface area contributed by atoms with Gasteiger partial charge in [-0.15, -0.1) is 12.4 Å². The minimum Gasteiger partial charge on any atom is -0.459 e. The number of hydrogen-bond acceptors (Lipinski definition) is 6. The van der Waals surface area contributed by atoms with Crippen LogP contribution in [0.25, 0.3) is 0 Å². The molecule has 34 heavy (non-hydrogen) atoms. The molecule has 9 heteroatoms. The molecule has 0 bridgehead atoms. The number of halogens is 1. The van der Waals surface area contributed by atoms with Gasteiger partial charge in [-0.05, 0) is 43.2 Å². The van der Waals surface area contributed by atoms with Gasteiger partial charge in [0.1, 0.15) is 24.8 Å². The predicted molar refractivity (Wildman–Crippen MR) is 133 cm³/mol. The molecule has 4 atom stereocenters. The van der Waals surface area contributed by atoms with Gasteiger partial charge in [-0.25, -0.2) is 4.79 Å². The molecule has 1 aliphatic rings. The van der Waals surface area contributed by atoms with Crippen molar-refractivity contribution in [2.45, 2.75) is 84.2 Å². The zero-order chi connectivity index (χ0) is 24.4. The molecule has 1 aliphatic heterocycles. The number of ether oxygens (including phenoxy) is 1. The zero-order valence-electron chi connectivity index (χ0n) is 20.6. The van der Waals surface area contributed by atoms with E-state index in [4.69, 9.17) is 4.74 Å². The summed E-state index contributed by atoms with van der Waals surface area (Å²) in [6.07, 6.45) is 1.81. The second kappa shape index (κ2) is 15.0. The molecule has 4 N–H and O–H groups in total. The van der Waals surface area contributed by atoms with Crippen LogP contribution in [0.3, 0.4) is 0 Å². The molecular weight excluding hydrogens is 458 g/mol. The number of rotatable bonds is 11. The lowest BCUT2D eigenvalue weighted by Crippen LogP contribution is -2.57. The normalized spacial score (nSPS) is 18.4. The van der Waals surface area contributed by atoms with Crippen molar-refractivity contribution in [3.05, 3.63) is 35.9 Å². The second-order valence-corrected chi connectivity index (χ2v) is 9.52.